The lowest BCUT2D eigenvalue weighted by Gasteiger charge is -2.12. The lowest BCUT2D eigenvalue weighted by atomic mass is 9.94. The molecular weight excluding hydrogens is 144 g/mol. The molecular formula is C12H26. The fraction of sp³-hybridized carbons (Fsp3) is 0.833. The average Bonchev–Trinajstić information content (AvgIpc) is 2.17. The van der Waals surface area contributed by atoms with E-state index in [1.807, 2.05) is 27.7 Å². The molecule has 0 amide bonds. The van der Waals surface area contributed by atoms with Gasteiger partial charge in [0, 0.05) is 0 Å². The lowest BCUT2D eigenvalue weighted by Crippen LogP contribution is -1.92. The Hall–Kier alpha value is -0.260. The molecule has 0 unspecified atom stereocenters. The van der Waals surface area contributed by atoms with Crippen LogP contribution in [0.3, 0.4) is 0 Å². The SMILES string of the molecule is CC.CC.CC1=C(C)CCCC1. The van der Waals surface area contributed by atoms with Crippen molar-refractivity contribution in [2.75, 3.05) is 0 Å². The molecule has 0 heteroatoms. The molecule has 12 heavy (non-hydrogen) atoms. The molecule has 0 bridgehead atoms. The van der Waals surface area contributed by atoms with E-state index in [-0.39, 0.29) is 0 Å². The zero-order chi connectivity index (χ0) is 9.98. The van der Waals surface area contributed by atoms with Gasteiger partial charge in [0.2, 0.25) is 0 Å². The number of hydrogen-bond acceptors (Lipinski definition) is 0. The predicted octanol–water partition coefficient (Wildman–Crippen LogP) is 4.95. The van der Waals surface area contributed by atoms with E-state index in [4.69, 9.17) is 0 Å². The molecule has 1 rings (SSSR count). The van der Waals surface area contributed by atoms with Gasteiger partial charge in [-0.15, -0.1) is 0 Å². The highest BCUT2D eigenvalue weighted by atomic mass is 14.1. The summed E-state index contributed by atoms with van der Waals surface area (Å²) in [6.45, 7) is 12.5. The van der Waals surface area contributed by atoms with E-state index in [0.717, 1.165) is 0 Å². The van der Waals surface area contributed by atoms with Crippen LogP contribution in [0, 0.1) is 0 Å². The fourth-order valence-electron chi connectivity index (χ4n) is 1.21. The summed E-state index contributed by atoms with van der Waals surface area (Å²) in [5.74, 6) is 0. The number of allylic oxidation sites excluding steroid dienone is 2. The Morgan fingerprint density at radius 2 is 0.917 bits per heavy atom. The predicted molar refractivity (Wildman–Crippen MR) is 59.5 cm³/mol. The molecule has 0 atom stereocenters. The molecule has 1 aliphatic carbocycles. The van der Waals surface area contributed by atoms with Gasteiger partial charge in [0.05, 0.1) is 0 Å². The van der Waals surface area contributed by atoms with E-state index in [9.17, 15) is 0 Å². The maximum atomic E-state index is 2.26. The topological polar surface area (TPSA) is 0 Å². The highest BCUT2D eigenvalue weighted by Gasteiger charge is 2.02. The molecule has 74 valence electrons. The molecule has 0 aliphatic heterocycles. The van der Waals surface area contributed by atoms with Crippen molar-refractivity contribution in [1.82, 2.24) is 0 Å². The van der Waals surface area contributed by atoms with E-state index in [0.29, 0.717) is 0 Å². The molecule has 0 heterocycles. The van der Waals surface area contributed by atoms with Crippen molar-refractivity contribution in [3.63, 3.8) is 0 Å². The van der Waals surface area contributed by atoms with Crippen molar-refractivity contribution in [2.24, 2.45) is 0 Å². The van der Waals surface area contributed by atoms with Gasteiger partial charge in [-0.2, -0.15) is 0 Å². The van der Waals surface area contributed by atoms with E-state index in [1.165, 1.54) is 25.7 Å². The standard InChI is InChI=1S/C8H14.2C2H6/c1-7-5-3-4-6-8(7)2;2*1-2/h3-6H2,1-2H3;2*1-2H3. The number of rotatable bonds is 0. The van der Waals surface area contributed by atoms with Crippen molar-refractivity contribution in [3.8, 4) is 0 Å². The third-order valence-corrected chi connectivity index (χ3v) is 2.08. The van der Waals surface area contributed by atoms with E-state index >= 15 is 0 Å². The fourth-order valence-corrected chi connectivity index (χ4v) is 1.21. The number of hydrogen-bond donors (Lipinski definition) is 0. The van der Waals surface area contributed by atoms with Crippen LogP contribution < -0.4 is 0 Å². The maximum Gasteiger partial charge on any atom is -0.0320 e. The quantitative estimate of drug-likeness (QED) is 0.451. The van der Waals surface area contributed by atoms with Gasteiger partial charge in [0.15, 0.2) is 0 Å². The zero-order valence-electron chi connectivity index (χ0n) is 9.83. The first-order valence-electron chi connectivity index (χ1n) is 5.46. The second-order valence-electron chi connectivity index (χ2n) is 2.77. The van der Waals surface area contributed by atoms with Gasteiger partial charge < -0.3 is 0 Å². The molecule has 0 spiro atoms. The Labute approximate surface area is 79.1 Å². The highest BCUT2D eigenvalue weighted by Crippen LogP contribution is 2.22. The third kappa shape index (κ3) is 6.45. The lowest BCUT2D eigenvalue weighted by molar-refractivity contribution is 0.672. The molecule has 0 aromatic carbocycles. The largest absolute Gasteiger partial charge is 0.0744 e. The van der Waals surface area contributed by atoms with Crippen LogP contribution in [0.2, 0.25) is 0 Å². The molecule has 0 aromatic heterocycles. The average molecular weight is 170 g/mol. The Morgan fingerprint density at radius 1 is 0.667 bits per heavy atom. The zero-order valence-corrected chi connectivity index (χ0v) is 9.83. The molecule has 0 radical (unpaired) electrons. The van der Waals surface area contributed by atoms with Gasteiger partial charge in [-0.1, -0.05) is 38.8 Å². The van der Waals surface area contributed by atoms with Gasteiger partial charge in [-0.25, -0.2) is 0 Å². The van der Waals surface area contributed by atoms with E-state index in [2.05, 4.69) is 13.8 Å². The molecule has 1 aliphatic rings. The Kier molecular flexibility index (Phi) is 12.8. The minimum absolute atomic E-state index is 1.35. The second-order valence-corrected chi connectivity index (χ2v) is 2.77. The first-order valence-corrected chi connectivity index (χ1v) is 5.46. The molecule has 0 saturated carbocycles. The summed E-state index contributed by atoms with van der Waals surface area (Å²) in [7, 11) is 0. The Balaban J connectivity index is 0. The molecule has 0 nitrogen and oxygen atoms in total. The van der Waals surface area contributed by atoms with Crippen molar-refractivity contribution < 1.29 is 0 Å². The van der Waals surface area contributed by atoms with Gasteiger partial charge in [-0.05, 0) is 39.5 Å². The van der Waals surface area contributed by atoms with E-state index < -0.39 is 0 Å². The summed E-state index contributed by atoms with van der Waals surface area (Å²) < 4.78 is 0. The van der Waals surface area contributed by atoms with Gasteiger partial charge in [0.25, 0.3) is 0 Å². The van der Waals surface area contributed by atoms with Crippen LogP contribution in [-0.2, 0) is 0 Å². The smallest absolute Gasteiger partial charge is 0.0320 e. The maximum absolute atomic E-state index is 2.26. The molecule has 0 fully saturated rings. The minimum atomic E-state index is 1.35. The summed E-state index contributed by atoms with van der Waals surface area (Å²) in [5, 5.41) is 0. The second kappa shape index (κ2) is 10.7. The molecule has 0 N–H and O–H groups in total. The van der Waals surface area contributed by atoms with E-state index in [1.54, 1.807) is 11.1 Å². The summed E-state index contributed by atoms with van der Waals surface area (Å²) in [6.07, 6.45) is 5.55. The third-order valence-electron chi connectivity index (χ3n) is 2.08. The molecule has 0 aromatic rings. The van der Waals surface area contributed by atoms with Crippen LogP contribution in [-0.4, -0.2) is 0 Å². The van der Waals surface area contributed by atoms with Gasteiger partial charge in [-0.3, -0.25) is 0 Å². The first-order chi connectivity index (χ1) is 5.80. The van der Waals surface area contributed by atoms with Gasteiger partial charge >= 0.3 is 0 Å². The first kappa shape index (κ1) is 14.3. The minimum Gasteiger partial charge on any atom is -0.0744 e. The van der Waals surface area contributed by atoms with Crippen LogP contribution in [0.25, 0.3) is 0 Å². The van der Waals surface area contributed by atoms with Gasteiger partial charge in [0.1, 0.15) is 0 Å². The highest BCUT2D eigenvalue weighted by molar-refractivity contribution is 5.11. The Bertz CT molecular complexity index is 95.2. The summed E-state index contributed by atoms with van der Waals surface area (Å²) in [6, 6.07) is 0. The summed E-state index contributed by atoms with van der Waals surface area (Å²) in [5.41, 5.74) is 3.27. The van der Waals surface area contributed by atoms with Crippen molar-refractivity contribution in [3.05, 3.63) is 11.1 Å². The van der Waals surface area contributed by atoms with Crippen LogP contribution in [0.15, 0.2) is 11.1 Å². The van der Waals surface area contributed by atoms with Crippen molar-refractivity contribution in [2.45, 2.75) is 67.2 Å². The normalized spacial score (nSPS) is 15.5. The molecule has 0 saturated heterocycles. The van der Waals surface area contributed by atoms with Crippen LogP contribution in [0.1, 0.15) is 67.2 Å². The van der Waals surface area contributed by atoms with Crippen molar-refractivity contribution >= 4 is 0 Å². The van der Waals surface area contributed by atoms with Crippen LogP contribution in [0.4, 0.5) is 0 Å². The van der Waals surface area contributed by atoms with Crippen LogP contribution in [0.5, 0.6) is 0 Å². The monoisotopic (exact) mass is 170 g/mol. The van der Waals surface area contributed by atoms with Crippen molar-refractivity contribution in [1.29, 1.82) is 0 Å². The summed E-state index contributed by atoms with van der Waals surface area (Å²) in [4.78, 5) is 0. The summed E-state index contributed by atoms with van der Waals surface area (Å²) >= 11 is 0. The van der Waals surface area contributed by atoms with Crippen LogP contribution >= 0.6 is 0 Å². The Morgan fingerprint density at radius 3 is 1.08 bits per heavy atom.